The van der Waals surface area contributed by atoms with E-state index >= 15 is 0 Å². The SMILES string of the molecule is COc1cc(OC)cc(C(=O)N[C@@H]2[C@@H](OC(C)=O)[C@@H](COC(C)=O)O[C@H](OC(C)=O)[C@@H]2OC(C)=O)c1. The lowest BCUT2D eigenvalue weighted by Crippen LogP contribution is -2.67. The minimum atomic E-state index is -1.52. The van der Waals surface area contributed by atoms with E-state index in [-0.39, 0.29) is 5.56 Å². The van der Waals surface area contributed by atoms with Gasteiger partial charge in [0.2, 0.25) is 6.29 Å². The van der Waals surface area contributed by atoms with Crippen LogP contribution in [0.25, 0.3) is 0 Å². The molecule has 1 aliphatic rings. The van der Waals surface area contributed by atoms with Crippen molar-refractivity contribution in [3.05, 3.63) is 23.8 Å². The largest absolute Gasteiger partial charge is 0.497 e. The number of esters is 4. The third kappa shape index (κ3) is 7.83. The first-order valence-corrected chi connectivity index (χ1v) is 10.8. The summed E-state index contributed by atoms with van der Waals surface area (Å²) in [6.45, 7) is 4.06. The molecule has 1 aromatic rings. The summed E-state index contributed by atoms with van der Waals surface area (Å²) in [4.78, 5) is 60.3. The van der Waals surface area contributed by atoms with Crippen molar-refractivity contribution in [2.75, 3.05) is 20.8 Å². The van der Waals surface area contributed by atoms with Crippen molar-refractivity contribution in [2.45, 2.75) is 58.3 Å². The van der Waals surface area contributed by atoms with E-state index in [0.717, 1.165) is 27.7 Å². The molecule has 1 N–H and O–H groups in total. The molecule has 0 aromatic heterocycles. The minimum Gasteiger partial charge on any atom is -0.497 e. The van der Waals surface area contributed by atoms with Gasteiger partial charge in [-0.15, -0.1) is 0 Å². The van der Waals surface area contributed by atoms with Gasteiger partial charge in [-0.05, 0) is 12.1 Å². The molecule has 1 saturated heterocycles. The second-order valence-electron chi connectivity index (χ2n) is 7.70. The zero-order valence-corrected chi connectivity index (χ0v) is 20.7. The first-order chi connectivity index (χ1) is 16.9. The zero-order valence-electron chi connectivity index (χ0n) is 20.7. The molecule has 1 fully saturated rings. The minimum absolute atomic E-state index is 0.0985. The average Bonchev–Trinajstić information content (AvgIpc) is 2.80. The van der Waals surface area contributed by atoms with Crippen LogP contribution in [0.3, 0.4) is 0 Å². The maximum absolute atomic E-state index is 13.3. The van der Waals surface area contributed by atoms with Gasteiger partial charge >= 0.3 is 23.9 Å². The predicted molar refractivity (Wildman–Crippen MR) is 119 cm³/mol. The fourth-order valence-electron chi connectivity index (χ4n) is 3.51. The quantitative estimate of drug-likeness (QED) is 0.362. The summed E-state index contributed by atoms with van der Waals surface area (Å²) >= 11 is 0. The topological polar surface area (TPSA) is 162 Å². The molecule has 1 aliphatic heterocycles. The van der Waals surface area contributed by atoms with Crippen LogP contribution in [0.4, 0.5) is 0 Å². The average molecular weight is 511 g/mol. The molecule has 0 spiro atoms. The lowest BCUT2D eigenvalue weighted by molar-refractivity contribution is -0.277. The summed E-state index contributed by atoms with van der Waals surface area (Å²) in [5.74, 6) is -3.03. The number of carbonyl (C=O) groups excluding carboxylic acids is 5. The molecule has 1 heterocycles. The Morgan fingerprint density at radius 3 is 1.78 bits per heavy atom. The lowest BCUT2D eigenvalue weighted by Gasteiger charge is -2.44. The summed E-state index contributed by atoms with van der Waals surface area (Å²) < 4.78 is 37.0. The first-order valence-electron chi connectivity index (χ1n) is 10.8. The van der Waals surface area contributed by atoms with E-state index in [9.17, 15) is 24.0 Å². The van der Waals surface area contributed by atoms with Crippen LogP contribution in [0.5, 0.6) is 11.5 Å². The molecule has 198 valence electrons. The fourth-order valence-corrected chi connectivity index (χ4v) is 3.51. The van der Waals surface area contributed by atoms with Gasteiger partial charge in [-0.3, -0.25) is 24.0 Å². The number of hydrogen-bond donors (Lipinski definition) is 1. The van der Waals surface area contributed by atoms with Gasteiger partial charge in [0.15, 0.2) is 12.2 Å². The van der Waals surface area contributed by atoms with Crippen molar-refractivity contribution >= 4 is 29.8 Å². The Labute approximate surface area is 207 Å². The molecule has 13 heteroatoms. The number of hydrogen-bond acceptors (Lipinski definition) is 12. The van der Waals surface area contributed by atoms with E-state index in [2.05, 4.69) is 5.32 Å². The Hall–Kier alpha value is -3.87. The lowest BCUT2D eigenvalue weighted by atomic mass is 9.95. The third-order valence-electron chi connectivity index (χ3n) is 4.90. The Bertz CT molecular complexity index is 971. The van der Waals surface area contributed by atoms with Gasteiger partial charge in [0.25, 0.3) is 5.91 Å². The van der Waals surface area contributed by atoms with Gasteiger partial charge in [0.1, 0.15) is 30.3 Å². The molecule has 0 bridgehead atoms. The fraction of sp³-hybridized carbons (Fsp3) is 0.522. The van der Waals surface area contributed by atoms with Gasteiger partial charge in [-0.2, -0.15) is 0 Å². The molecule has 13 nitrogen and oxygen atoms in total. The molecular formula is C23H29NO12. The number of rotatable bonds is 9. The van der Waals surface area contributed by atoms with E-state index in [4.69, 9.17) is 33.2 Å². The predicted octanol–water partition coefficient (Wildman–Crippen LogP) is 0.517. The highest BCUT2D eigenvalue weighted by molar-refractivity contribution is 5.95. The number of ether oxygens (including phenoxy) is 7. The molecule has 0 radical (unpaired) electrons. The maximum Gasteiger partial charge on any atom is 0.305 e. The highest BCUT2D eigenvalue weighted by Gasteiger charge is 2.52. The number of methoxy groups -OCH3 is 2. The second kappa shape index (κ2) is 12.7. The van der Waals surface area contributed by atoms with Crippen LogP contribution in [-0.2, 0) is 42.9 Å². The van der Waals surface area contributed by atoms with E-state index in [1.165, 1.54) is 26.4 Å². The highest BCUT2D eigenvalue weighted by Crippen LogP contribution is 2.29. The monoisotopic (exact) mass is 511 g/mol. The molecule has 0 aliphatic carbocycles. The van der Waals surface area contributed by atoms with Gasteiger partial charge in [0, 0.05) is 39.3 Å². The van der Waals surface area contributed by atoms with E-state index in [1.54, 1.807) is 6.07 Å². The molecular weight excluding hydrogens is 482 g/mol. The van der Waals surface area contributed by atoms with Crippen LogP contribution in [0.2, 0.25) is 0 Å². The van der Waals surface area contributed by atoms with Crippen LogP contribution in [0.1, 0.15) is 38.1 Å². The highest BCUT2D eigenvalue weighted by atomic mass is 16.7. The van der Waals surface area contributed by atoms with Gasteiger partial charge in [0.05, 0.1) is 14.2 Å². The second-order valence-corrected chi connectivity index (χ2v) is 7.70. The van der Waals surface area contributed by atoms with Gasteiger partial charge in [-0.1, -0.05) is 0 Å². The summed E-state index contributed by atoms with van der Waals surface area (Å²) in [5, 5.41) is 2.65. The van der Waals surface area contributed by atoms with E-state index in [0.29, 0.717) is 11.5 Å². The first kappa shape index (κ1) is 28.4. The van der Waals surface area contributed by atoms with E-state index < -0.39 is 67.0 Å². The summed E-state index contributed by atoms with van der Waals surface area (Å²) in [5.41, 5.74) is 0.0985. The van der Waals surface area contributed by atoms with Crippen LogP contribution in [0, 0.1) is 0 Å². The van der Waals surface area contributed by atoms with E-state index in [1.807, 2.05) is 0 Å². The number of nitrogens with one attached hydrogen (secondary N) is 1. The van der Waals surface area contributed by atoms with Crippen LogP contribution in [0.15, 0.2) is 18.2 Å². The third-order valence-corrected chi connectivity index (χ3v) is 4.90. The van der Waals surface area contributed by atoms with Crippen LogP contribution in [-0.4, -0.2) is 81.3 Å². The Balaban J connectivity index is 2.53. The molecule has 2 rings (SSSR count). The Morgan fingerprint density at radius 2 is 1.31 bits per heavy atom. The normalized spacial score (nSPS) is 23.0. The van der Waals surface area contributed by atoms with Crippen LogP contribution >= 0.6 is 0 Å². The molecule has 0 unspecified atom stereocenters. The summed E-state index contributed by atoms with van der Waals surface area (Å²) in [6, 6.07) is 3.12. The Morgan fingerprint density at radius 1 is 0.778 bits per heavy atom. The van der Waals surface area contributed by atoms with Crippen molar-refractivity contribution in [1.29, 1.82) is 0 Å². The smallest absolute Gasteiger partial charge is 0.305 e. The van der Waals surface area contributed by atoms with Crippen LogP contribution < -0.4 is 14.8 Å². The number of amides is 1. The number of benzene rings is 1. The standard InChI is InChI=1S/C23H29NO12/c1-11(25)32-10-18-20(33-12(2)26)19(21(34-13(3)27)23(36-18)35-14(4)28)24-22(29)15-7-16(30-5)9-17(8-15)31-6/h7-9,18-21,23H,10H2,1-6H3,(H,24,29)/t18-,19-,20+,21-,23+/m1/s1. The maximum atomic E-state index is 13.3. The molecule has 1 aromatic carbocycles. The molecule has 5 atom stereocenters. The van der Waals surface area contributed by atoms with Gasteiger partial charge < -0.3 is 38.5 Å². The van der Waals surface area contributed by atoms with Gasteiger partial charge in [-0.25, -0.2) is 0 Å². The molecule has 36 heavy (non-hydrogen) atoms. The van der Waals surface area contributed by atoms with Crippen molar-refractivity contribution < 1.29 is 57.1 Å². The van der Waals surface area contributed by atoms with Crippen molar-refractivity contribution in [2.24, 2.45) is 0 Å². The summed E-state index contributed by atoms with van der Waals surface area (Å²) in [7, 11) is 2.82. The Kier molecular flexibility index (Phi) is 10.0. The van der Waals surface area contributed by atoms with Crippen molar-refractivity contribution in [3.63, 3.8) is 0 Å². The van der Waals surface area contributed by atoms with Crippen molar-refractivity contribution in [3.8, 4) is 11.5 Å². The zero-order chi connectivity index (χ0) is 27.0. The summed E-state index contributed by atoms with van der Waals surface area (Å²) in [6.07, 6.45) is -5.46. The molecule has 0 saturated carbocycles. The van der Waals surface area contributed by atoms with Crippen molar-refractivity contribution in [1.82, 2.24) is 5.32 Å². The number of carbonyl (C=O) groups is 5. The molecule has 1 amide bonds.